The Morgan fingerprint density at radius 2 is 1.96 bits per heavy atom. The van der Waals surface area contributed by atoms with E-state index in [2.05, 4.69) is 10.1 Å². The summed E-state index contributed by atoms with van der Waals surface area (Å²) in [7, 11) is 0. The second-order valence-electron chi connectivity index (χ2n) is 6.27. The van der Waals surface area contributed by atoms with Crippen LogP contribution in [-0.4, -0.2) is 27.5 Å². The van der Waals surface area contributed by atoms with Crippen molar-refractivity contribution in [2.24, 2.45) is 0 Å². The Hall–Kier alpha value is -2.84. The largest absolute Gasteiger partial charge is 0.451 e. The monoisotopic (exact) mass is 373 g/mol. The van der Waals surface area contributed by atoms with E-state index in [0.29, 0.717) is 12.4 Å². The van der Waals surface area contributed by atoms with Crippen LogP contribution in [0.15, 0.2) is 55.1 Å². The Kier molecular flexibility index (Phi) is 4.59. The lowest BCUT2D eigenvalue weighted by Gasteiger charge is -2.28. The maximum Gasteiger partial charge on any atom is 0.215 e. The fraction of sp³-hybridized carbons (Fsp3) is 0.263. The molecule has 1 saturated heterocycles. The molecule has 4 rings (SSSR count). The number of hydrogen-bond acceptors (Lipinski definition) is 5. The number of hydrogen-bond donors (Lipinski definition) is 0. The number of ether oxygens (including phenoxy) is 3. The highest BCUT2D eigenvalue weighted by molar-refractivity contribution is 5.37. The Labute approximate surface area is 154 Å². The van der Waals surface area contributed by atoms with Crippen molar-refractivity contribution in [3.05, 3.63) is 72.3 Å². The fourth-order valence-corrected chi connectivity index (χ4v) is 2.98. The Bertz CT molecular complexity index is 898. The van der Waals surface area contributed by atoms with Gasteiger partial charge in [0.05, 0.1) is 12.7 Å². The number of halogens is 2. The van der Waals surface area contributed by atoms with Crippen molar-refractivity contribution in [1.29, 1.82) is 0 Å². The Morgan fingerprint density at radius 1 is 1.22 bits per heavy atom. The molecule has 3 aromatic rings. The van der Waals surface area contributed by atoms with Crippen LogP contribution in [0.1, 0.15) is 12.5 Å². The third-order valence-corrected chi connectivity index (χ3v) is 4.18. The smallest absolute Gasteiger partial charge is 0.215 e. The summed E-state index contributed by atoms with van der Waals surface area (Å²) in [4.78, 5) is 3.88. The highest BCUT2D eigenvalue weighted by Gasteiger charge is 2.43. The molecule has 2 unspecified atom stereocenters. The van der Waals surface area contributed by atoms with E-state index in [1.165, 1.54) is 17.3 Å². The minimum Gasteiger partial charge on any atom is -0.451 e. The van der Waals surface area contributed by atoms with Crippen molar-refractivity contribution in [2.75, 3.05) is 6.61 Å². The van der Waals surface area contributed by atoms with E-state index in [1.807, 2.05) is 6.92 Å². The molecule has 0 N–H and O–H groups in total. The van der Waals surface area contributed by atoms with Crippen LogP contribution in [0, 0.1) is 11.6 Å². The minimum atomic E-state index is -1.36. The first-order chi connectivity index (χ1) is 13.1. The third-order valence-electron chi connectivity index (χ3n) is 4.18. The molecule has 6 nitrogen and oxygen atoms in total. The molecule has 1 aliphatic rings. The molecular formula is C19H17F2N3O3. The maximum absolute atomic E-state index is 14.7. The molecule has 0 aliphatic carbocycles. The summed E-state index contributed by atoms with van der Waals surface area (Å²) in [5.41, 5.74) is 0.206. The van der Waals surface area contributed by atoms with Crippen molar-refractivity contribution in [3.8, 4) is 11.5 Å². The van der Waals surface area contributed by atoms with Crippen molar-refractivity contribution < 1.29 is 23.0 Å². The predicted molar refractivity (Wildman–Crippen MR) is 91.1 cm³/mol. The Balaban J connectivity index is 1.69. The van der Waals surface area contributed by atoms with Crippen LogP contribution in [-0.2, 0) is 21.8 Å². The first-order valence-corrected chi connectivity index (χ1v) is 8.42. The second-order valence-corrected chi connectivity index (χ2v) is 6.27. The van der Waals surface area contributed by atoms with Crippen molar-refractivity contribution in [2.45, 2.75) is 25.4 Å². The lowest BCUT2D eigenvalue weighted by molar-refractivity contribution is -0.187. The van der Waals surface area contributed by atoms with Crippen LogP contribution in [0.4, 0.5) is 8.78 Å². The highest BCUT2D eigenvalue weighted by atomic mass is 19.1. The van der Waals surface area contributed by atoms with Gasteiger partial charge in [0.1, 0.15) is 24.9 Å². The van der Waals surface area contributed by atoms with Gasteiger partial charge in [0, 0.05) is 5.56 Å². The van der Waals surface area contributed by atoms with E-state index < -0.39 is 23.2 Å². The molecule has 1 fully saturated rings. The SMILES string of the molecule is CC1COC(Cn2cncn2)(c2cc(F)c(Oc3ccccc3)c(F)c2)O1. The van der Waals surface area contributed by atoms with Gasteiger partial charge in [0.2, 0.25) is 5.79 Å². The first kappa shape index (κ1) is 17.6. The lowest BCUT2D eigenvalue weighted by Crippen LogP contribution is -2.34. The van der Waals surface area contributed by atoms with Crippen molar-refractivity contribution in [1.82, 2.24) is 14.8 Å². The van der Waals surface area contributed by atoms with Crippen LogP contribution in [0.25, 0.3) is 0 Å². The van der Waals surface area contributed by atoms with Gasteiger partial charge in [-0.05, 0) is 31.2 Å². The predicted octanol–water partition coefficient (Wildman–Crippen LogP) is 3.64. The van der Waals surface area contributed by atoms with Gasteiger partial charge >= 0.3 is 0 Å². The highest BCUT2D eigenvalue weighted by Crippen LogP contribution is 2.39. The topological polar surface area (TPSA) is 58.4 Å². The van der Waals surface area contributed by atoms with E-state index in [9.17, 15) is 8.78 Å². The van der Waals surface area contributed by atoms with Crippen molar-refractivity contribution in [3.63, 3.8) is 0 Å². The molecule has 2 atom stereocenters. The molecule has 140 valence electrons. The summed E-state index contributed by atoms with van der Waals surface area (Å²) in [5.74, 6) is -3.20. The summed E-state index contributed by atoms with van der Waals surface area (Å²) in [6.07, 6.45) is 2.61. The van der Waals surface area contributed by atoms with E-state index in [4.69, 9.17) is 14.2 Å². The van der Waals surface area contributed by atoms with Gasteiger partial charge < -0.3 is 14.2 Å². The van der Waals surface area contributed by atoms with Crippen LogP contribution < -0.4 is 4.74 Å². The van der Waals surface area contributed by atoms with Crippen LogP contribution in [0.3, 0.4) is 0 Å². The summed E-state index contributed by atoms with van der Waals surface area (Å²) < 4.78 is 47.9. The van der Waals surface area contributed by atoms with E-state index in [-0.39, 0.29) is 18.2 Å². The van der Waals surface area contributed by atoms with Crippen molar-refractivity contribution >= 4 is 0 Å². The number of para-hydroxylation sites is 1. The second kappa shape index (κ2) is 7.05. The first-order valence-electron chi connectivity index (χ1n) is 8.42. The average Bonchev–Trinajstić information content (AvgIpc) is 3.29. The molecule has 0 saturated carbocycles. The van der Waals surface area contributed by atoms with Gasteiger partial charge in [-0.25, -0.2) is 18.4 Å². The normalized spacial score (nSPS) is 22.1. The summed E-state index contributed by atoms with van der Waals surface area (Å²) in [6.45, 7) is 2.22. The van der Waals surface area contributed by atoms with Gasteiger partial charge in [-0.1, -0.05) is 18.2 Å². The molecule has 1 aliphatic heterocycles. The molecule has 8 heteroatoms. The lowest BCUT2D eigenvalue weighted by atomic mass is 10.0. The molecule has 2 heterocycles. The van der Waals surface area contributed by atoms with Gasteiger partial charge in [-0.15, -0.1) is 0 Å². The molecular weight excluding hydrogens is 356 g/mol. The number of aromatic nitrogens is 3. The van der Waals surface area contributed by atoms with Gasteiger partial charge in [-0.2, -0.15) is 5.10 Å². The van der Waals surface area contributed by atoms with Crippen LogP contribution in [0.2, 0.25) is 0 Å². The van der Waals surface area contributed by atoms with Gasteiger partial charge in [0.25, 0.3) is 0 Å². The Morgan fingerprint density at radius 3 is 2.56 bits per heavy atom. The molecule has 0 amide bonds. The number of nitrogens with zero attached hydrogens (tertiary/aromatic N) is 3. The van der Waals surface area contributed by atoms with E-state index in [0.717, 1.165) is 12.1 Å². The zero-order valence-electron chi connectivity index (χ0n) is 14.5. The van der Waals surface area contributed by atoms with Gasteiger partial charge in [0.15, 0.2) is 17.4 Å². The third kappa shape index (κ3) is 3.54. The molecule has 0 bridgehead atoms. The van der Waals surface area contributed by atoms with Gasteiger partial charge in [-0.3, -0.25) is 0 Å². The van der Waals surface area contributed by atoms with Crippen LogP contribution in [0.5, 0.6) is 11.5 Å². The molecule has 2 aromatic carbocycles. The molecule has 0 spiro atoms. The summed E-state index contributed by atoms with van der Waals surface area (Å²) in [6, 6.07) is 10.8. The average molecular weight is 373 g/mol. The van der Waals surface area contributed by atoms with E-state index in [1.54, 1.807) is 30.3 Å². The minimum absolute atomic E-state index is 0.106. The quantitative estimate of drug-likeness (QED) is 0.683. The number of benzene rings is 2. The standard InChI is InChI=1S/C19H17F2N3O3/c1-13-9-25-19(27-13,10-24-12-22-11-23-24)14-7-16(20)18(17(21)8-14)26-15-5-3-2-4-6-15/h2-8,11-13H,9-10H2,1H3. The molecule has 27 heavy (non-hydrogen) atoms. The fourth-order valence-electron chi connectivity index (χ4n) is 2.98. The molecule has 0 radical (unpaired) electrons. The van der Waals surface area contributed by atoms with E-state index >= 15 is 0 Å². The summed E-state index contributed by atoms with van der Waals surface area (Å²) >= 11 is 0. The zero-order valence-corrected chi connectivity index (χ0v) is 14.5. The van der Waals surface area contributed by atoms with Crippen LogP contribution >= 0.6 is 0 Å². The zero-order chi connectivity index (χ0) is 18.9. The molecule has 1 aromatic heterocycles. The summed E-state index contributed by atoms with van der Waals surface area (Å²) in [5, 5.41) is 4.03. The maximum atomic E-state index is 14.7. The number of rotatable bonds is 5.